The number of carboxylic acid groups (broad SMARTS) is 1. The van der Waals surface area contributed by atoms with Crippen LogP contribution >= 0.6 is 0 Å². The summed E-state index contributed by atoms with van der Waals surface area (Å²) in [6.45, 7) is 6.20. The van der Waals surface area contributed by atoms with Gasteiger partial charge in [0.15, 0.2) is 0 Å². The van der Waals surface area contributed by atoms with E-state index in [1.165, 1.54) is 4.90 Å². The maximum Gasteiger partial charge on any atom is 0.407 e. The molecule has 0 fully saturated rings. The summed E-state index contributed by atoms with van der Waals surface area (Å²) in [4.78, 5) is 14.8. The summed E-state index contributed by atoms with van der Waals surface area (Å²) in [5.74, 6) is 0. The van der Waals surface area contributed by atoms with E-state index in [-0.39, 0.29) is 0 Å². The van der Waals surface area contributed by atoms with E-state index >= 15 is 0 Å². The van der Waals surface area contributed by atoms with Crippen molar-refractivity contribution in [3.05, 3.63) is 10.4 Å². The Morgan fingerprint density at radius 1 is 1.57 bits per heavy atom. The van der Waals surface area contributed by atoms with Crippen molar-refractivity contribution in [1.82, 2.24) is 4.90 Å². The number of amides is 1. The van der Waals surface area contributed by atoms with Gasteiger partial charge in [0, 0.05) is 23.5 Å². The van der Waals surface area contributed by atoms with Crippen molar-refractivity contribution in [2.75, 3.05) is 13.1 Å². The van der Waals surface area contributed by atoms with Gasteiger partial charge < -0.3 is 10.0 Å². The minimum absolute atomic E-state index is 0.330. The Hall–Kier alpha value is -1.42. The van der Waals surface area contributed by atoms with Gasteiger partial charge in [0.05, 0.1) is 0 Å². The maximum absolute atomic E-state index is 10.8. The molecule has 0 aliphatic carbocycles. The SMILES string of the molecule is CC(C)(C)N(CCCN=[N+]=[N-])C(=O)O. The molecule has 0 saturated carbocycles. The van der Waals surface area contributed by atoms with E-state index in [1.54, 1.807) is 0 Å². The molecule has 0 aliphatic rings. The third kappa shape index (κ3) is 4.57. The van der Waals surface area contributed by atoms with Crippen molar-refractivity contribution in [2.45, 2.75) is 32.7 Å². The molecule has 14 heavy (non-hydrogen) atoms. The summed E-state index contributed by atoms with van der Waals surface area (Å²) >= 11 is 0. The van der Waals surface area contributed by atoms with Crippen LogP contribution in [0.5, 0.6) is 0 Å². The third-order valence-electron chi connectivity index (χ3n) is 1.74. The van der Waals surface area contributed by atoms with Crippen LogP contribution < -0.4 is 0 Å². The average Bonchev–Trinajstić information content (AvgIpc) is 2.01. The van der Waals surface area contributed by atoms with Gasteiger partial charge in [0.2, 0.25) is 0 Å². The van der Waals surface area contributed by atoms with Crippen molar-refractivity contribution in [1.29, 1.82) is 0 Å². The summed E-state index contributed by atoms with van der Waals surface area (Å²) < 4.78 is 0. The second-order valence-corrected chi connectivity index (χ2v) is 3.91. The molecule has 0 unspecified atom stereocenters. The van der Waals surface area contributed by atoms with Crippen LogP contribution in [0.1, 0.15) is 27.2 Å². The molecule has 80 valence electrons. The van der Waals surface area contributed by atoms with Gasteiger partial charge in [-0.1, -0.05) is 5.11 Å². The Bertz CT molecular complexity index is 240. The Kier molecular flexibility index (Phi) is 4.80. The van der Waals surface area contributed by atoms with Gasteiger partial charge in [-0.3, -0.25) is 0 Å². The first-order valence-electron chi connectivity index (χ1n) is 4.41. The smallest absolute Gasteiger partial charge is 0.407 e. The van der Waals surface area contributed by atoms with E-state index in [0.29, 0.717) is 19.5 Å². The normalized spacial score (nSPS) is 10.5. The molecule has 0 bridgehead atoms. The molecule has 0 rings (SSSR count). The van der Waals surface area contributed by atoms with Crippen molar-refractivity contribution in [3.63, 3.8) is 0 Å². The predicted octanol–water partition coefficient (Wildman–Crippen LogP) is 2.47. The lowest BCUT2D eigenvalue weighted by atomic mass is 10.1. The van der Waals surface area contributed by atoms with E-state index < -0.39 is 11.6 Å². The van der Waals surface area contributed by atoms with Crippen LogP contribution in [0.15, 0.2) is 5.11 Å². The summed E-state index contributed by atoms with van der Waals surface area (Å²) in [5, 5.41) is 12.2. The van der Waals surface area contributed by atoms with Crippen molar-refractivity contribution >= 4 is 6.09 Å². The van der Waals surface area contributed by atoms with E-state index in [2.05, 4.69) is 10.0 Å². The number of azide groups is 1. The zero-order valence-electron chi connectivity index (χ0n) is 8.77. The van der Waals surface area contributed by atoms with Gasteiger partial charge >= 0.3 is 6.09 Å². The molecule has 0 aromatic rings. The minimum Gasteiger partial charge on any atom is -0.465 e. The summed E-state index contributed by atoms with van der Waals surface area (Å²) in [6.07, 6.45) is -0.397. The molecular formula is C8H16N4O2. The van der Waals surface area contributed by atoms with Gasteiger partial charge in [-0.2, -0.15) is 0 Å². The number of hydrogen-bond acceptors (Lipinski definition) is 2. The fourth-order valence-corrected chi connectivity index (χ4v) is 1.06. The Morgan fingerprint density at radius 2 is 2.14 bits per heavy atom. The second-order valence-electron chi connectivity index (χ2n) is 3.91. The molecule has 0 atom stereocenters. The molecule has 0 radical (unpaired) electrons. The summed E-state index contributed by atoms with van der Waals surface area (Å²) in [6, 6.07) is 0. The van der Waals surface area contributed by atoms with E-state index in [0.717, 1.165) is 0 Å². The fourth-order valence-electron chi connectivity index (χ4n) is 1.06. The first-order chi connectivity index (χ1) is 6.39. The minimum atomic E-state index is -0.946. The molecule has 0 aliphatic heterocycles. The lowest BCUT2D eigenvalue weighted by Crippen LogP contribution is -2.45. The quantitative estimate of drug-likeness (QED) is 0.327. The fraction of sp³-hybridized carbons (Fsp3) is 0.875. The number of carbonyl (C=O) groups is 1. The Labute approximate surface area is 83.1 Å². The highest BCUT2D eigenvalue weighted by atomic mass is 16.4. The van der Waals surface area contributed by atoms with Crippen molar-refractivity contribution < 1.29 is 9.90 Å². The molecule has 0 saturated heterocycles. The van der Waals surface area contributed by atoms with Crippen LogP contribution in [0, 0.1) is 0 Å². The zero-order chi connectivity index (χ0) is 11.2. The Balaban J connectivity index is 4.12. The average molecular weight is 200 g/mol. The van der Waals surface area contributed by atoms with Crippen LogP contribution in [0.25, 0.3) is 10.4 Å². The van der Waals surface area contributed by atoms with Gasteiger partial charge in [0.25, 0.3) is 0 Å². The molecule has 0 heterocycles. The number of hydrogen-bond donors (Lipinski definition) is 1. The zero-order valence-corrected chi connectivity index (χ0v) is 8.77. The summed E-state index contributed by atoms with van der Waals surface area (Å²) in [7, 11) is 0. The first kappa shape index (κ1) is 12.6. The molecule has 0 aromatic heterocycles. The predicted molar refractivity (Wildman–Crippen MR) is 53.1 cm³/mol. The van der Waals surface area contributed by atoms with Crippen LogP contribution in [0.3, 0.4) is 0 Å². The van der Waals surface area contributed by atoms with Gasteiger partial charge in [-0.25, -0.2) is 4.79 Å². The highest BCUT2D eigenvalue weighted by molar-refractivity contribution is 5.65. The molecule has 6 heteroatoms. The molecule has 1 N–H and O–H groups in total. The topological polar surface area (TPSA) is 89.3 Å². The van der Waals surface area contributed by atoms with Gasteiger partial charge in [0.1, 0.15) is 0 Å². The van der Waals surface area contributed by atoms with Crippen LogP contribution in [0.4, 0.5) is 4.79 Å². The lowest BCUT2D eigenvalue weighted by Gasteiger charge is -2.33. The lowest BCUT2D eigenvalue weighted by molar-refractivity contribution is 0.1000. The highest BCUT2D eigenvalue weighted by Gasteiger charge is 2.24. The third-order valence-corrected chi connectivity index (χ3v) is 1.74. The van der Waals surface area contributed by atoms with Crippen LogP contribution in [-0.4, -0.2) is 34.7 Å². The van der Waals surface area contributed by atoms with E-state index in [4.69, 9.17) is 10.6 Å². The standard InChI is InChI=1S/C8H16N4O2/c1-8(2,3)12(7(13)14)6-4-5-10-11-9/h4-6H2,1-3H3,(H,13,14). The highest BCUT2D eigenvalue weighted by Crippen LogP contribution is 2.13. The van der Waals surface area contributed by atoms with E-state index in [9.17, 15) is 4.79 Å². The van der Waals surface area contributed by atoms with E-state index in [1.807, 2.05) is 20.8 Å². The second kappa shape index (κ2) is 5.34. The maximum atomic E-state index is 10.8. The molecule has 6 nitrogen and oxygen atoms in total. The van der Waals surface area contributed by atoms with Gasteiger partial charge in [-0.15, -0.1) is 0 Å². The largest absolute Gasteiger partial charge is 0.465 e. The van der Waals surface area contributed by atoms with Crippen molar-refractivity contribution in [3.8, 4) is 0 Å². The number of nitrogens with zero attached hydrogens (tertiary/aromatic N) is 4. The van der Waals surface area contributed by atoms with Crippen LogP contribution in [-0.2, 0) is 0 Å². The van der Waals surface area contributed by atoms with Gasteiger partial charge in [-0.05, 0) is 32.7 Å². The molecule has 0 aromatic carbocycles. The molecule has 1 amide bonds. The number of rotatable bonds is 4. The summed E-state index contributed by atoms with van der Waals surface area (Å²) in [5.41, 5.74) is 7.61. The van der Waals surface area contributed by atoms with Crippen molar-refractivity contribution in [2.24, 2.45) is 5.11 Å². The molecule has 0 spiro atoms. The monoisotopic (exact) mass is 200 g/mol. The van der Waals surface area contributed by atoms with Crippen LogP contribution in [0.2, 0.25) is 0 Å². The molecular weight excluding hydrogens is 184 g/mol. The Morgan fingerprint density at radius 3 is 2.50 bits per heavy atom. The first-order valence-corrected chi connectivity index (χ1v) is 4.41.